The van der Waals surface area contributed by atoms with Gasteiger partial charge in [0.2, 0.25) is 0 Å². The van der Waals surface area contributed by atoms with Crippen LogP contribution >= 0.6 is 0 Å². The zero-order valence-electron chi connectivity index (χ0n) is 6.06. The van der Waals surface area contributed by atoms with Crippen molar-refractivity contribution in [2.24, 2.45) is 0 Å². The molecule has 0 atom stereocenters. The van der Waals surface area contributed by atoms with Crippen molar-refractivity contribution in [3.05, 3.63) is 30.3 Å². The maximum atomic E-state index is 10.4. The van der Waals surface area contributed by atoms with E-state index in [2.05, 4.69) is 0 Å². The van der Waals surface area contributed by atoms with Gasteiger partial charge in [0.25, 0.3) is 10.1 Å². The van der Waals surface area contributed by atoms with Crippen LogP contribution in [0.4, 0.5) is 0 Å². The molecule has 0 bridgehead atoms. The van der Waals surface area contributed by atoms with Gasteiger partial charge in [0.1, 0.15) is 0 Å². The quantitative estimate of drug-likeness (QED) is 0.594. The van der Waals surface area contributed by atoms with Crippen molar-refractivity contribution in [1.29, 1.82) is 0 Å². The smallest absolute Gasteiger partial charge is 0.294 e. The maximum absolute atomic E-state index is 10.4. The predicted molar refractivity (Wildman–Crippen MR) is 43.5 cm³/mol. The molecule has 5 N–H and O–H groups in total. The van der Waals surface area contributed by atoms with Gasteiger partial charge < -0.3 is 11.0 Å². The Balaban J connectivity index is 0. The standard InChI is InChI=1S/C6H6O3S.2H2O/c7-10(8,9)6-4-2-1-3-5-6;;/h1-5H,(H,7,8,9);2*1H2. The van der Waals surface area contributed by atoms with Crippen LogP contribution in [-0.4, -0.2) is 23.9 Å². The van der Waals surface area contributed by atoms with Crippen LogP contribution in [0, 0.1) is 0 Å². The van der Waals surface area contributed by atoms with Crippen LogP contribution in [0.25, 0.3) is 0 Å². The Kier molecular flexibility index (Phi) is 5.49. The molecule has 70 valence electrons. The molecule has 0 amide bonds. The number of rotatable bonds is 1. The van der Waals surface area contributed by atoms with Gasteiger partial charge in [-0.25, -0.2) is 0 Å². The molecule has 0 saturated carbocycles. The minimum Gasteiger partial charge on any atom is -0.412 e. The van der Waals surface area contributed by atoms with E-state index in [0.29, 0.717) is 0 Å². The van der Waals surface area contributed by atoms with E-state index in [-0.39, 0.29) is 15.8 Å². The van der Waals surface area contributed by atoms with Gasteiger partial charge in [-0.2, -0.15) is 8.42 Å². The monoisotopic (exact) mass is 194 g/mol. The summed E-state index contributed by atoms with van der Waals surface area (Å²) in [6.07, 6.45) is 0. The highest BCUT2D eigenvalue weighted by Gasteiger charge is 2.05. The normalized spacial score (nSPS) is 9.42. The molecular formula is C6H10O5S. The summed E-state index contributed by atoms with van der Waals surface area (Å²) < 4.78 is 29.2. The number of hydrogen-bond acceptors (Lipinski definition) is 2. The molecule has 5 nitrogen and oxygen atoms in total. The zero-order chi connectivity index (χ0) is 7.61. The van der Waals surface area contributed by atoms with Crippen LogP contribution in [0.5, 0.6) is 0 Å². The third-order valence-corrected chi connectivity index (χ3v) is 1.91. The topological polar surface area (TPSA) is 117 Å². The average molecular weight is 194 g/mol. The summed E-state index contributed by atoms with van der Waals surface area (Å²) in [5.41, 5.74) is 0. The second-order valence-electron chi connectivity index (χ2n) is 1.79. The molecule has 0 radical (unpaired) electrons. The lowest BCUT2D eigenvalue weighted by molar-refractivity contribution is 0.483. The lowest BCUT2D eigenvalue weighted by Crippen LogP contribution is -1.96. The van der Waals surface area contributed by atoms with Crippen molar-refractivity contribution in [2.75, 3.05) is 0 Å². The van der Waals surface area contributed by atoms with E-state index in [1.54, 1.807) is 18.2 Å². The Labute approximate surface area is 70.0 Å². The fraction of sp³-hybridized carbons (Fsp3) is 0. The Morgan fingerprint density at radius 2 is 1.42 bits per heavy atom. The second kappa shape index (κ2) is 4.83. The molecule has 0 saturated heterocycles. The van der Waals surface area contributed by atoms with Gasteiger partial charge in [-0.3, -0.25) is 4.55 Å². The fourth-order valence-electron chi connectivity index (χ4n) is 0.592. The van der Waals surface area contributed by atoms with Crippen molar-refractivity contribution in [3.63, 3.8) is 0 Å². The lowest BCUT2D eigenvalue weighted by atomic mass is 10.4. The molecule has 0 aromatic heterocycles. The van der Waals surface area contributed by atoms with E-state index < -0.39 is 10.1 Å². The Morgan fingerprint density at radius 1 is 1.00 bits per heavy atom. The molecule has 0 heterocycles. The maximum Gasteiger partial charge on any atom is 0.294 e. The van der Waals surface area contributed by atoms with E-state index >= 15 is 0 Å². The van der Waals surface area contributed by atoms with Gasteiger partial charge >= 0.3 is 0 Å². The van der Waals surface area contributed by atoms with Crippen molar-refractivity contribution >= 4 is 10.1 Å². The minimum absolute atomic E-state index is 0. The van der Waals surface area contributed by atoms with E-state index in [4.69, 9.17) is 4.55 Å². The zero-order valence-corrected chi connectivity index (χ0v) is 6.88. The minimum atomic E-state index is -4.00. The second-order valence-corrected chi connectivity index (χ2v) is 3.21. The molecule has 0 fully saturated rings. The van der Waals surface area contributed by atoms with Crippen molar-refractivity contribution in [2.45, 2.75) is 4.90 Å². The lowest BCUT2D eigenvalue weighted by Gasteiger charge is -1.92. The Bertz CT molecular complexity index is 304. The first kappa shape index (κ1) is 13.6. The summed E-state index contributed by atoms with van der Waals surface area (Å²) in [5.74, 6) is 0. The van der Waals surface area contributed by atoms with Crippen LogP contribution in [-0.2, 0) is 10.1 Å². The van der Waals surface area contributed by atoms with Crippen LogP contribution < -0.4 is 0 Å². The van der Waals surface area contributed by atoms with Crippen LogP contribution in [0.1, 0.15) is 0 Å². The molecular weight excluding hydrogens is 184 g/mol. The van der Waals surface area contributed by atoms with Gasteiger partial charge in [-0.1, -0.05) is 18.2 Å². The van der Waals surface area contributed by atoms with Crippen molar-refractivity contribution in [3.8, 4) is 0 Å². The number of hydrogen-bond donors (Lipinski definition) is 1. The first-order valence-electron chi connectivity index (χ1n) is 2.63. The van der Waals surface area contributed by atoms with Crippen molar-refractivity contribution < 1.29 is 23.9 Å². The van der Waals surface area contributed by atoms with E-state index in [1.807, 2.05) is 0 Å². The van der Waals surface area contributed by atoms with Gasteiger partial charge in [-0.05, 0) is 12.1 Å². The van der Waals surface area contributed by atoms with E-state index in [1.165, 1.54) is 12.1 Å². The largest absolute Gasteiger partial charge is 0.412 e. The summed E-state index contributed by atoms with van der Waals surface area (Å²) >= 11 is 0. The van der Waals surface area contributed by atoms with Crippen molar-refractivity contribution in [1.82, 2.24) is 0 Å². The van der Waals surface area contributed by atoms with Gasteiger partial charge in [0, 0.05) is 0 Å². The first-order valence-corrected chi connectivity index (χ1v) is 4.07. The SMILES string of the molecule is O.O.O=S(=O)(O)c1ccccc1. The molecule has 0 aliphatic carbocycles. The highest BCUT2D eigenvalue weighted by molar-refractivity contribution is 7.85. The van der Waals surface area contributed by atoms with Gasteiger partial charge in [-0.15, -0.1) is 0 Å². The highest BCUT2D eigenvalue weighted by atomic mass is 32.2. The summed E-state index contributed by atoms with van der Waals surface area (Å²) in [5, 5.41) is 0. The molecule has 1 aromatic rings. The third kappa shape index (κ3) is 3.44. The van der Waals surface area contributed by atoms with Gasteiger partial charge in [0.05, 0.1) is 4.90 Å². The van der Waals surface area contributed by atoms with Gasteiger partial charge in [0.15, 0.2) is 0 Å². The summed E-state index contributed by atoms with van der Waals surface area (Å²) in [7, 11) is -4.00. The molecule has 0 unspecified atom stereocenters. The Morgan fingerprint density at radius 3 is 1.67 bits per heavy atom. The summed E-state index contributed by atoms with van der Waals surface area (Å²) in [6.45, 7) is 0. The molecule has 12 heavy (non-hydrogen) atoms. The van der Waals surface area contributed by atoms with Crippen LogP contribution in [0.3, 0.4) is 0 Å². The predicted octanol–water partition coefficient (Wildman–Crippen LogP) is -0.716. The third-order valence-electron chi connectivity index (χ3n) is 1.04. The van der Waals surface area contributed by atoms with Crippen LogP contribution in [0.2, 0.25) is 0 Å². The first-order chi connectivity index (χ1) is 4.61. The molecule has 6 heteroatoms. The van der Waals surface area contributed by atoms with E-state index in [9.17, 15) is 8.42 Å². The molecule has 0 spiro atoms. The van der Waals surface area contributed by atoms with E-state index in [0.717, 1.165) is 0 Å². The summed E-state index contributed by atoms with van der Waals surface area (Å²) in [6, 6.07) is 7.42. The average Bonchev–Trinajstić information content (AvgIpc) is 1.88. The molecule has 1 rings (SSSR count). The fourth-order valence-corrected chi connectivity index (χ4v) is 1.09. The Hall–Kier alpha value is -0.950. The molecule has 0 aliphatic rings. The number of benzene rings is 1. The molecule has 0 aliphatic heterocycles. The summed E-state index contributed by atoms with van der Waals surface area (Å²) in [4.78, 5) is -0.0741. The van der Waals surface area contributed by atoms with Crippen LogP contribution in [0.15, 0.2) is 35.2 Å². The molecule has 1 aromatic carbocycles. The highest BCUT2D eigenvalue weighted by Crippen LogP contribution is 2.05.